The second-order valence-electron chi connectivity index (χ2n) is 12.6. The molecule has 1 aliphatic heterocycles. The maximum Gasteiger partial charge on any atom is 0.239 e. The Hall–Kier alpha value is -2.90. The lowest BCUT2D eigenvalue weighted by molar-refractivity contribution is -0.131. The van der Waals surface area contributed by atoms with E-state index in [1.165, 1.54) is 0 Å². The van der Waals surface area contributed by atoms with E-state index in [4.69, 9.17) is 0 Å². The molecule has 2 amide bonds. The van der Waals surface area contributed by atoms with Crippen molar-refractivity contribution in [2.45, 2.75) is 73.9 Å². The Kier molecular flexibility index (Phi) is 12.6. The minimum absolute atomic E-state index is 0.0330. The molecule has 0 spiro atoms. The Bertz CT molecular complexity index is 1410. The molecular weight excluding hydrogens is 693 g/mol. The van der Waals surface area contributed by atoms with E-state index in [2.05, 4.69) is 54.9 Å². The smallest absolute Gasteiger partial charge is 0.239 e. The van der Waals surface area contributed by atoms with E-state index in [0.29, 0.717) is 32.5 Å². The lowest BCUT2D eigenvalue weighted by Gasteiger charge is -2.41. The number of alkyl halides is 1. The Morgan fingerprint density at radius 1 is 1.04 bits per heavy atom. The van der Waals surface area contributed by atoms with E-state index >= 15 is 0 Å². The first-order valence-electron chi connectivity index (χ1n) is 16.4. The summed E-state index contributed by atoms with van der Waals surface area (Å²) in [6, 6.07) is 20.7. The van der Waals surface area contributed by atoms with Gasteiger partial charge in [-0.3, -0.25) is 24.4 Å². The highest BCUT2D eigenvalue weighted by molar-refractivity contribution is 14.1. The summed E-state index contributed by atoms with van der Waals surface area (Å²) in [5.74, 6) is -0.741. The molecule has 2 heterocycles. The fraction of sp³-hybridized carbons (Fsp3) is 0.472. The quantitative estimate of drug-likeness (QED) is 0.113. The predicted octanol–water partition coefficient (Wildman–Crippen LogP) is 3.63. The van der Waals surface area contributed by atoms with Gasteiger partial charge in [-0.1, -0.05) is 96.6 Å². The molecule has 1 fully saturated rings. The number of fused-ring (bicyclic) bond motifs is 1. The van der Waals surface area contributed by atoms with Crippen LogP contribution in [0.2, 0.25) is 0 Å². The van der Waals surface area contributed by atoms with Gasteiger partial charge >= 0.3 is 0 Å². The van der Waals surface area contributed by atoms with Crippen LogP contribution in [0.3, 0.4) is 0 Å². The highest BCUT2D eigenvalue weighted by Crippen LogP contribution is 2.32. The third kappa shape index (κ3) is 9.34. The number of carbonyl (C=O) groups is 2. The molecule has 0 radical (unpaired) electrons. The van der Waals surface area contributed by atoms with Crippen LogP contribution >= 0.6 is 22.6 Å². The van der Waals surface area contributed by atoms with Crippen LogP contribution < -0.4 is 10.6 Å². The lowest BCUT2D eigenvalue weighted by Crippen LogP contribution is -2.60. The average molecular weight is 740 g/mol. The van der Waals surface area contributed by atoms with Crippen LogP contribution in [-0.4, -0.2) is 85.3 Å². The number of β-amino-alcohol motifs (C(OH)–C–C–N with tert-alkyl or cyclic N) is 1. The Labute approximate surface area is 285 Å². The molecule has 4 N–H and O–H groups in total. The summed E-state index contributed by atoms with van der Waals surface area (Å²) in [6.45, 7) is 5.00. The summed E-state index contributed by atoms with van der Waals surface area (Å²) in [7, 11) is 0. The molecule has 2 aromatic carbocycles. The monoisotopic (exact) mass is 739 g/mol. The largest absolute Gasteiger partial charge is 0.392 e. The third-order valence-corrected chi connectivity index (χ3v) is 9.98. The number of aliphatic hydroxyl groups excluding tert-OH is 2. The topological polar surface area (TPSA) is 118 Å². The molecule has 0 bridgehead atoms. The summed E-state index contributed by atoms with van der Waals surface area (Å²) in [6.07, 6.45) is 5.15. The minimum Gasteiger partial charge on any atom is -0.392 e. The number of benzene rings is 2. The van der Waals surface area contributed by atoms with Crippen LogP contribution in [0.4, 0.5) is 0 Å². The number of carbonyl (C=O) groups excluding carboxylic acids is 2. The highest BCUT2D eigenvalue weighted by Gasteiger charge is 2.37. The standard InChI is InChI=1S/C36H46IN5O4/c1-2-9-33(37)39-36(46)31-24-41(22-26-12-8-15-38-21-26)16-17-42(31)23-29(43)19-28(18-25-10-4-3-5-11-25)35(45)40-34-30-14-7-6-13-27(30)20-32(34)44/h3-8,10-15,21,28-29,31-34,43-44H,2,9,16-20,22-24H2,1H3,(H,39,46)(H,40,45)/t28?,29-,31?,32+,33?,34?/m0/s1. The summed E-state index contributed by atoms with van der Waals surface area (Å²) < 4.78 is 0.0330. The zero-order valence-electron chi connectivity index (χ0n) is 26.5. The number of hydrogen-bond acceptors (Lipinski definition) is 7. The number of aromatic nitrogens is 1. The SMILES string of the molecule is CCCC(I)NC(=O)C1CN(Cc2cccnc2)CCN1C[C@@H](O)CC(Cc1ccccc1)C(=O)NC1c2ccccc2C[C@H]1O. The van der Waals surface area contributed by atoms with Crippen LogP contribution in [0.5, 0.6) is 0 Å². The Morgan fingerprint density at radius 2 is 1.80 bits per heavy atom. The maximum absolute atomic E-state index is 13.8. The van der Waals surface area contributed by atoms with Crippen molar-refractivity contribution in [3.05, 3.63) is 101 Å². The van der Waals surface area contributed by atoms with Gasteiger partial charge in [0.05, 0.1) is 22.3 Å². The molecule has 5 rings (SSSR count). The second-order valence-corrected chi connectivity index (χ2v) is 14.1. The molecule has 4 unspecified atom stereocenters. The van der Waals surface area contributed by atoms with E-state index in [1.54, 1.807) is 6.20 Å². The molecule has 3 aromatic rings. The number of piperazine rings is 1. The second kappa shape index (κ2) is 16.8. The number of aliphatic hydroxyl groups is 2. The summed E-state index contributed by atoms with van der Waals surface area (Å²) in [5, 5.41) is 28.6. The molecule has 6 atom stereocenters. The summed E-state index contributed by atoms with van der Waals surface area (Å²) >= 11 is 2.28. The van der Waals surface area contributed by atoms with Crippen LogP contribution in [0, 0.1) is 5.92 Å². The molecule has 1 aromatic heterocycles. The van der Waals surface area contributed by atoms with E-state index in [1.807, 2.05) is 72.9 Å². The first kappa shape index (κ1) is 34.4. The van der Waals surface area contributed by atoms with Crippen molar-refractivity contribution in [2.24, 2.45) is 5.92 Å². The molecule has 0 saturated carbocycles. The van der Waals surface area contributed by atoms with E-state index in [-0.39, 0.29) is 28.8 Å². The van der Waals surface area contributed by atoms with Crippen LogP contribution in [0.15, 0.2) is 79.1 Å². The van der Waals surface area contributed by atoms with Crippen LogP contribution in [-0.2, 0) is 29.0 Å². The van der Waals surface area contributed by atoms with Crippen LogP contribution in [0.1, 0.15) is 54.5 Å². The van der Waals surface area contributed by atoms with Crippen molar-refractivity contribution >= 4 is 34.4 Å². The van der Waals surface area contributed by atoms with Gasteiger partial charge in [-0.15, -0.1) is 0 Å². The van der Waals surface area contributed by atoms with E-state index < -0.39 is 30.2 Å². The van der Waals surface area contributed by atoms with E-state index in [9.17, 15) is 19.8 Å². The van der Waals surface area contributed by atoms with Gasteiger partial charge in [0.1, 0.15) is 6.04 Å². The molecule has 9 nitrogen and oxygen atoms in total. The van der Waals surface area contributed by atoms with Gasteiger partial charge in [0.2, 0.25) is 11.8 Å². The normalized spacial score (nSPS) is 22.0. The molecule has 246 valence electrons. The van der Waals surface area contributed by atoms with Gasteiger partial charge in [-0.2, -0.15) is 0 Å². The highest BCUT2D eigenvalue weighted by atomic mass is 127. The number of rotatable bonds is 14. The predicted molar refractivity (Wildman–Crippen MR) is 187 cm³/mol. The molecule has 2 aliphatic rings. The van der Waals surface area contributed by atoms with Gasteiger partial charge in [-0.05, 0) is 47.6 Å². The van der Waals surface area contributed by atoms with Gasteiger partial charge < -0.3 is 20.8 Å². The lowest BCUT2D eigenvalue weighted by atomic mass is 9.91. The number of nitrogens with zero attached hydrogens (tertiary/aromatic N) is 3. The molecule has 46 heavy (non-hydrogen) atoms. The van der Waals surface area contributed by atoms with Crippen molar-refractivity contribution in [3.8, 4) is 0 Å². The number of halogens is 1. The molecule has 1 saturated heterocycles. The first-order chi connectivity index (χ1) is 22.3. The van der Waals surface area contributed by atoms with Gasteiger partial charge in [0.15, 0.2) is 0 Å². The third-order valence-electron chi connectivity index (χ3n) is 9.05. The van der Waals surface area contributed by atoms with Gasteiger partial charge in [0, 0.05) is 57.5 Å². The zero-order valence-corrected chi connectivity index (χ0v) is 28.6. The first-order valence-corrected chi connectivity index (χ1v) is 17.6. The Balaban J connectivity index is 1.28. The number of amides is 2. The molecular formula is C36H46IN5O4. The van der Waals surface area contributed by atoms with Crippen LogP contribution in [0.25, 0.3) is 0 Å². The number of pyridine rings is 1. The van der Waals surface area contributed by atoms with Crippen molar-refractivity contribution < 1.29 is 19.8 Å². The van der Waals surface area contributed by atoms with Crippen molar-refractivity contribution in [2.75, 3.05) is 26.2 Å². The zero-order chi connectivity index (χ0) is 32.5. The minimum atomic E-state index is -0.827. The summed E-state index contributed by atoms with van der Waals surface area (Å²) in [4.78, 5) is 36.0. The average Bonchev–Trinajstić information content (AvgIpc) is 3.36. The van der Waals surface area contributed by atoms with E-state index in [0.717, 1.165) is 41.6 Å². The maximum atomic E-state index is 13.8. The van der Waals surface area contributed by atoms with Crippen molar-refractivity contribution in [3.63, 3.8) is 0 Å². The fourth-order valence-electron chi connectivity index (χ4n) is 6.69. The summed E-state index contributed by atoms with van der Waals surface area (Å²) in [5.41, 5.74) is 4.08. The molecule has 1 aliphatic carbocycles. The van der Waals surface area contributed by atoms with Crippen molar-refractivity contribution in [1.82, 2.24) is 25.4 Å². The number of hydrogen-bond donors (Lipinski definition) is 4. The van der Waals surface area contributed by atoms with Gasteiger partial charge in [0.25, 0.3) is 0 Å². The number of nitrogens with one attached hydrogen (secondary N) is 2. The van der Waals surface area contributed by atoms with Gasteiger partial charge in [-0.25, -0.2) is 0 Å². The fourth-order valence-corrected chi connectivity index (χ4v) is 7.62. The Morgan fingerprint density at radius 3 is 2.57 bits per heavy atom. The molecule has 10 heteroatoms. The van der Waals surface area contributed by atoms with Crippen molar-refractivity contribution in [1.29, 1.82) is 0 Å².